The van der Waals surface area contributed by atoms with Gasteiger partial charge in [0.1, 0.15) is 23.8 Å². The fourth-order valence-corrected chi connectivity index (χ4v) is 6.62. The number of hydrogen-bond acceptors (Lipinski definition) is 8. The normalized spacial score (nSPS) is 30.2. The van der Waals surface area contributed by atoms with Crippen LogP contribution >= 0.6 is 11.8 Å². The predicted octanol–water partition coefficient (Wildman–Crippen LogP) is 4.92. The standard InChI is InChI=1S/C25H30FN5O3S/c1-24(2)33-20-17(12-35-18-11-7-6-10-16(18)26)32-23(25(20,3)34-24)31-14-29-19-21(27-13-28-22(19)31)30-15-8-4-5-9-15/h6-7,10-11,13-15,17,20,23H,4-5,8-9,12H2,1-3H3,(H,27,28,30)/t17-,20-,23-,25-/m1/s1. The van der Waals surface area contributed by atoms with E-state index in [1.165, 1.54) is 30.7 Å². The molecule has 0 bridgehead atoms. The zero-order valence-electron chi connectivity index (χ0n) is 20.1. The van der Waals surface area contributed by atoms with Crippen molar-refractivity contribution < 1.29 is 18.6 Å². The smallest absolute Gasteiger partial charge is 0.168 e. The number of imidazole rings is 1. The first-order valence-corrected chi connectivity index (χ1v) is 13.2. The summed E-state index contributed by atoms with van der Waals surface area (Å²) in [5.74, 6) is 0.255. The summed E-state index contributed by atoms with van der Waals surface area (Å²) in [4.78, 5) is 14.3. The van der Waals surface area contributed by atoms with E-state index < -0.39 is 17.6 Å². The second kappa shape index (κ2) is 8.69. The van der Waals surface area contributed by atoms with Crippen LogP contribution in [0.15, 0.2) is 41.8 Å². The van der Waals surface area contributed by atoms with Gasteiger partial charge in [0.25, 0.3) is 0 Å². The van der Waals surface area contributed by atoms with Crippen molar-refractivity contribution in [3.8, 4) is 0 Å². The number of nitrogens with zero attached hydrogens (tertiary/aromatic N) is 4. The molecule has 0 radical (unpaired) electrons. The Kier molecular flexibility index (Phi) is 5.75. The topological polar surface area (TPSA) is 83.3 Å². The lowest BCUT2D eigenvalue weighted by Crippen LogP contribution is -2.42. The number of fused-ring (bicyclic) bond motifs is 2. The van der Waals surface area contributed by atoms with Crippen molar-refractivity contribution in [1.82, 2.24) is 19.5 Å². The molecule has 1 N–H and O–H groups in total. The molecular weight excluding hydrogens is 469 g/mol. The van der Waals surface area contributed by atoms with Crippen molar-refractivity contribution in [2.24, 2.45) is 0 Å². The first kappa shape index (κ1) is 23.1. The molecule has 6 rings (SSSR count). The van der Waals surface area contributed by atoms with Crippen molar-refractivity contribution in [2.45, 2.75) is 87.2 Å². The number of anilines is 1. The molecule has 8 nitrogen and oxygen atoms in total. The summed E-state index contributed by atoms with van der Waals surface area (Å²) in [5.41, 5.74) is 0.619. The van der Waals surface area contributed by atoms with Crippen molar-refractivity contribution in [2.75, 3.05) is 11.1 Å². The Morgan fingerprint density at radius 2 is 1.94 bits per heavy atom. The molecular formula is C25H30FN5O3S. The minimum Gasteiger partial charge on any atom is -0.365 e. The fraction of sp³-hybridized carbons (Fsp3) is 0.560. The summed E-state index contributed by atoms with van der Waals surface area (Å²) >= 11 is 1.42. The number of aromatic nitrogens is 4. The van der Waals surface area contributed by atoms with Crippen molar-refractivity contribution >= 4 is 28.7 Å². The third-order valence-electron chi connectivity index (χ3n) is 7.12. The SMILES string of the molecule is CC1(C)O[C@@H]2[C@@H](CSc3ccccc3F)O[C@@H](n3cnc4c(NC5CCCC5)ncnc43)[C@]2(C)O1. The summed E-state index contributed by atoms with van der Waals surface area (Å²) in [6, 6.07) is 7.19. The molecule has 2 aromatic heterocycles. The Morgan fingerprint density at radius 3 is 2.74 bits per heavy atom. The molecule has 1 aromatic carbocycles. The number of rotatable bonds is 6. The number of ether oxygens (including phenoxy) is 3. The molecule has 4 atom stereocenters. The van der Waals surface area contributed by atoms with E-state index in [-0.39, 0.29) is 18.0 Å². The zero-order chi connectivity index (χ0) is 24.2. The zero-order valence-corrected chi connectivity index (χ0v) is 20.9. The monoisotopic (exact) mass is 499 g/mol. The van der Waals surface area contributed by atoms with E-state index in [4.69, 9.17) is 14.2 Å². The van der Waals surface area contributed by atoms with Crippen LogP contribution in [0.1, 0.15) is 52.7 Å². The van der Waals surface area contributed by atoms with E-state index in [9.17, 15) is 4.39 Å². The Balaban J connectivity index is 1.31. The largest absolute Gasteiger partial charge is 0.365 e. The molecule has 1 aliphatic carbocycles. The molecule has 186 valence electrons. The van der Waals surface area contributed by atoms with E-state index in [0.29, 0.717) is 27.9 Å². The average Bonchev–Trinajstić information content (AvgIpc) is 3.57. The van der Waals surface area contributed by atoms with E-state index in [1.807, 2.05) is 31.4 Å². The third-order valence-corrected chi connectivity index (χ3v) is 8.26. The summed E-state index contributed by atoms with van der Waals surface area (Å²) in [6.07, 6.45) is 6.88. The quantitative estimate of drug-likeness (QED) is 0.479. The summed E-state index contributed by atoms with van der Waals surface area (Å²) < 4.78 is 35.5. The van der Waals surface area contributed by atoms with Gasteiger partial charge in [0.2, 0.25) is 0 Å². The molecule has 3 aromatic rings. The van der Waals surface area contributed by atoms with Crippen LogP contribution in [0.4, 0.5) is 10.2 Å². The third kappa shape index (κ3) is 4.10. The van der Waals surface area contributed by atoms with Gasteiger partial charge in [-0.25, -0.2) is 19.3 Å². The lowest BCUT2D eigenvalue weighted by Gasteiger charge is -2.30. The second-order valence-electron chi connectivity index (χ2n) is 10.2. The van der Waals surface area contributed by atoms with E-state index >= 15 is 0 Å². The van der Waals surface area contributed by atoms with Gasteiger partial charge in [-0.15, -0.1) is 11.8 Å². The maximum absolute atomic E-state index is 14.2. The Morgan fingerprint density at radius 1 is 1.14 bits per heavy atom. The molecule has 0 unspecified atom stereocenters. The number of thioether (sulfide) groups is 1. The van der Waals surface area contributed by atoms with Gasteiger partial charge in [0, 0.05) is 16.7 Å². The highest BCUT2D eigenvalue weighted by molar-refractivity contribution is 7.99. The van der Waals surface area contributed by atoms with Crippen LogP contribution in [-0.4, -0.2) is 54.9 Å². The molecule has 10 heteroatoms. The lowest BCUT2D eigenvalue weighted by atomic mass is 9.97. The van der Waals surface area contributed by atoms with Gasteiger partial charge in [-0.3, -0.25) is 4.57 Å². The van der Waals surface area contributed by atoms with Crippen molar-refractivity contribution in [3.05, 3.63) is 42.7 Å². The summed E-state index contributed by atoms with van der Waals surface area (Å²) in [5, 5.41) is 3.55. The number of halogens is 1. The highest BCUT2D eigenvalue weighted by Crippen LogP contribution is 2.52. The van der Waals surface area contributed by atoms with Gasteiger partial charge in [-0.1, -0.05) is 25.0 Å². The van der Waals surface area contributed by atoms with Crippen LogP contribution in [0.2, 0.25) is 0 Å². The Labute approximate surface area is 208 Å². The maximum atomic E-state index is 14.2. The van der Waals surface area contributed by atoms with Crippen LogP contribution in [-0.2, 0) is 14.2 Å². The van der Waals surface area contributed by atoms with Crippen LogP contribution in [0, 0.1) is 5.82 Å². The number of nitrogens with one attached hydrogen (secondary N) is 1. The van der Waals surface area contributed by atoms with Gasteiger partial charge in [0.05, 0.1) is 12.4 Å². The average molecular weight is 500 g/mol. The first-order valence-electron chi connectivity index (χ1n) is 12.2. The maximum Gasteiger partial charge on any atom is 0.168 e. The first-order chi connectivity index (χ1) is 16.8. The van der Waals surface area contributed by atoms with E-state index in [0.717, 1.165) is 18.7 Å². The number of hydrogen-bond donors (Lipinski definition) is 1. The highest BCUT2D eigenvalue weighted by atomic mass is 32.2. The van der Waals surface area contributed by atoms with Gasteiger partial charge in [-0.05, 0) is 45.7 Å². The molecule has 3 aliphatic rings. The van der Waals surface area contributed by atoms with Gasteiger partial charge in [-0.2, -0.15) is 0 Å². The molecule has 3 fully saturated rings. The molecule has 0 amide bonds. The van der Waals surface area contributed by atoms with Crippen LogP contribution in [0.5, 0.6) is 0 Å². The van der Waals surface area contributed by atoms with Crippen LogP contribution in [0.3, 0.4) is 0 Å². The lowest BCUT2D eigenvalue weighted by molar-refractivity contribution is -0.212. The molecule has 1 saturated carbocycles. The minimum atomic E-state index is -0.776. The van der Waals surface area contributed by atoms with Gasteiger partial charge < -0.3 is 19.5 Å². The molecule has 0 spiro atoms. The van der Waals surface area contributed by atoms with E-state index in [2.05, 4.69) is 20.3 Å². The van der Waals surface area contributed by atoms with Crippen molar-refractivity contribution in [1.29, 1.82) is 0 Å². The molecule has 2 saturated heterocycles. The second-order valence-corrected chi connectivity index (χ2v) is 11.2. The Hall–Kier alpha value is -2.27. The van der Waals surface area contributed by atoms with E-state index in [1.54, 1.807) is 24.8 Å². The van der Waals surface area contributed by atoms with Crippen molar-refractivity contribution in [3.63, 3.8) is 0 Å². The van der Waals surface area contributed by atoms with Gasteiger partial charge >= 0.3 is 0 Å². The van der Waals surface area contributed by atoms with Crippen LogP contribution < -0.4 is 5.32 Å². The highest BCUT2D eigenvalue weighted by Gasteiger charge is 2.64. The van der Waals surface area contributed by atoms with Crippen LogP contribution in [0.25, 0.3) is 11.2 Å². The van der Waals surface area contributed by atoms with Gasteiger partial charge in [0.15, 0.2) is 29.0 Å². The molecule has 4 heterocycles. The predicted molar refractivity (Wildman–Crippen MR) is 131 cm³/mol. The Bertz CT molecular complexity index is 1230. The molecule has 35 heavy (non-hydrogen) atoms. The molecule has 2 aliphatic heterocycles. The fourth-order valence-electron chi connectivity index (χ4n) is 5.64. The summed E-state index contributed by atoms with van der Waals surface area (Å²) in [7, 11) is 0. The number of benzene rings is 1. The minimum absolute atomic E-state index is 0.238. The summed E-state index contributed by atoms with van der Waals surface area (Å²) in [6.45, 7) is 5.83.